The molecule has 0 aliphatic heterocycles. The summed E-state index contributed by atoms with van der Waals surface area (Å²) in [7, 11) is 1.01. The van der Waals surface area contributed by atoms with Crippen LogP contribution in [0, 0.1) is 34.5 Å². The first-order chi connectivity index (χ1) is 14.4. The van der Waals surface area contributed by atoms with E-state index in [0.717, 1.165) is 45.6 Å². The Bertz CT molecular complexity index is 811. The van der Waals surface area contributed by atoms with E-state index in [4.69, 9.17) is 5.73 Å². The van der Waals surface area contributed by atoms with E-state index in [-0.39, 0.29) is 22.7 Å². The minimum atomic E-state index is -3.47. The van der Waals surface area contributed by atoms with Gasteiger partial charge in [-0.3, -0.25) is 4.79 Å². The van der Waals surface area contributed by atoms with Gasteiger partial charge >= 0.3 is 11.9 Å². The third-order valence-electron chi connectivity index (χ3n) is 10.1. The molecule has 3 saturated carbocycles. The molecule has 2 N–H and O–H groups in total. The van der Waals surface area contributed by atoms with Crippen LogP contribution in [0.5, 0.6) is 0 Å². The third kappa shape index (κ3) is 3.22. The SMILES string of the molecule is COC(=O)C(F)(F)C[C@@H](C)[C@H]1CC[C@@]2(N)[C@@H]3CC=C4CC(=O)CC[C@]4(C)[C@H]3CC[C@]12C. The van der Waals surface area contributed by atoms with Gasteiger partial charge in [-0.15, -0.1) is 0 Å². The van der Waals surface area contributed by atoms with Gasteiger partial charge in [0, 0.05) is 24.8 Å². The van der Waals surface area contributed by atoms with Crippen LogP contribution in [0.15, 0.2) is 11.6 Å². The summed E-state index contributed by atoms with van der Waals surface area (Å²) in [5, 5.41) is 0. The maximum atomic E-state index is 14.4. The summed E-state index contributed by atoms with van der Waals surface area (Å²) < 4.78 is 33.0. The van der Waals surface area contributed by atoms with Crippen LogP contribution in [-0.2, 0) is 14.3 Å². The second kappa shape index (κ2) is 7.36. The molecule has 174 valence electrons. The fourth-order valence-electron chi connectivity index (χ4n) is 8.28. The van der Waals surface area contributed by atoms with Gasteiger partial charge in [-0.05, 0) is 73.0 Å². The lowest BCUT2D eigenvalue weighted by Crippen LogP contribution is -2.65. The zero-order valence-electron chi connectivity index (χ0n) is 19.3. The number of hydrogen-bond acceptors (Lipinski definition) is 4. The summed E-state index contributed by atoms with van der Waals surface area (Å²) in [6.07, 6.45) is 8.39. The van der Waals surface area contributed by atoms with Gasteiger partial charge in [0.2, 0.25) is 0 Å². The number of allylic oxidation sites excluding steroid dienone is 2. The lowest BCUT2D eigenvalue weighted by Gasteiger charge is -2.62. The number of fused-ring (bicyclic) bond motifs is 5. The third-order valence-corrected chi connectivity index (χ3v) is 10.1. The zero-order chi connectivity index (χ0) is 22.8. The Morgan fingerprint density at radius 3 is 2.65 bits per heavy atom. The first kappa shape index (κ1) is 22.9. The van der Waals surface area contributed by atoms with Crippen molar-refractivity contribution in [3.63, 3.8) is 0 Å². The quantitative estimate of drug-likeness (QED) is 0.494. The molecule has 0 unspecified atom stereocenters. The van der Waals surface area contributed by atoms with Crippen LogP contribution in [0.2, 0.25) is 0 Å². The van der Waals surface area contributed by atoms with Gasteiger partial charge in [-0.2, -0.15) is 8.78 Å². The maximum absolute atomic E-state index is 14.4. The molecule has 31 heavy (non-hydrogen) atoms. The molecule has 0 bridgehead atoms. The Labute approximate surface area is 184 Å². The highest BCUT2D eigenvalue weighted by atomic mass is 19.3. The number of halogens is 2. The standard InChI is InChI=1S/C25H37F2NO3/c1-15(14-25(26,27)21(30)31-4)18-9-12-24(28)20-6-5-16-13-17(29)7-10-22(16,2)19(20)8-11-23(18,24)3/h5,15,18-20H,6-14,28H2,1-4H3/t15-,18-,19+,20-,22+,23-,24-/m1/s1. The number of carbonyl (C=O) groups excluding carboxylic acids is 2. The Balaban J connectivity index is 1.60. The first-order valence-electron chi connectivity index (χ1n) is 11.9. The minimum Gasteiger partial charge on any atom is -0.465 e. The summed E-state index contributed by atoms with van der Waals surface area (Å²) in [6.45, 7) is 6.37. The van der Waals surface area contributed by atoms with Crippen LogP contribution in [-0.4, -0.2) is 30.3 Å². The lowest BCUT2D eigenvalue weighted by atomic mass is 9.44. The molecule has 4 rings (SSSR count). The van der Waals surface area contributed by atoms with E-state index in [0.29, 0.717) is 30.5 Å². The molecule has 0 radical (unpaired) electrons. The van der Waals surface area contributed by atoms with Crippen LogP contribution >= 0.6 is 0 Å². The Morgan fingerprint density at radius 1 is 1.26 bits per heavy atom. The Hall–Kier alpha value is -1.30. The number of carbonyl (C=O) groups is 2. The zero-order valence-corrected chi connectivity index (χ0v) is 19.3. The molecule has 4 aliphatic rings. The molecule has 0 saturated heterocycles. The van der Waals surface area contributed by atoms with Crippen molar-refractivity contribution in [2.45, 2.75) is 90.0 Å². The van der Waals surface area contributed by atoms with Gasteiger partial charge in [0.15, 0.2) is 0 Å². The smallest absolute Gasteiger partial charge is 0.376 e. The molecule has 0 aromatic rings. The van der Waals surface area contributed by atoms with E-state index in [1.807, 2.05) is 6.92 Å². The van der Waals surface area contributed by atoms with Crippen molar-refractivity contribution in [2.24, 2.45) is 40.2 Å². The molecule has 0 heterocycles. The van der Waals surface area contributed by atoms with Gasteiger partial charge in [0.1, 0.15) is 5.78 Å². The van der Waals surface area contributed by atoms with Crippen molar-refractivity contribution < 1.29 is 23.1 Å². The molecule has 4 nitrogen and oxygen atoms in total. The summed E-state index contributed by atoms with van der Waals surface area (Å²) in [6, 6.07) is 0. The topological polar surface area (TPSA) is 69.4 Å². The van der Waals surface area contributed by atoms with Crippen LogP contribution in [0.1, 0.15) is 78.6 Å². The van der Waals surface area contributed by atoms with Crippen molar-refractivity contribution in [1.82, 2.24) is 0 Å². The minimum absolute atomic E-state index is 0.0339. The molecule has 0 aromatic carbocycles. The lowest BCUT2D eigenvalue weighted by molar-refractivity contribution is -0.172. The average Bonchev–Trinajstić information content (AvgIpc) is 2.99. The normalized spacial score (nSPS) is 43.4. The molecule has 7 atom stereocenters. The van der Waals surface area contributed by atoms with Gasteiger partial charge in [0.05, 0.1) is 7.11 Å². The molecule has 0 aromatic heterocycles. The highest BCUT2D eigenvalue weighted by molar-refractivity contribution is 5.82. The van der Waals surface area contributed by atoms with Crippen LogP contribution < -0.4 is 5.73 Å². The second-order valence-electron chi connectivity index (χ2n) is 11.3. The molecule has 0 amide bonds. The van der Waals surface area contributed by atoms with E-state index in [9.17, 15) is 18.4 Å². The van der Waals surface area contributed by atoms with Crippen molar-refractivity contribution in [2.75, 3.05) is 7.11 Å². The highest BCUT2D eigenvalue weighted by Gasteiger charge is 2.66. The number of nitrogens with two attached hydrogens (primary N) is 1. The van der Waals surface area contributed by atoms with Gasteiger partial charge in [0.25, 0.3) is 0 Å². The van der Waals surface area contributed by atoms with Crippen LogP contribution in [0.3, 0.4) is 0 Å². The molecular weight excluding hydrogens is 400 g/mol. The predicted molar refractivity (Wildman–Crippen MR) is 114 cm³/mol. The number of rotatable bonds is 4. The van der Waals surface area contributed by atoms with E-state index >= 15 is 0 Å². The monoisotopic (exact) mass is 437 g/mol. The fraction of sp³-hybridized carbons (Fsp3) is 0.840. The van der Waals surface area contributed by atoms with Crippen molar-refractivity contribution in [1.29, 1.82) is 0 Å². The number of alkyl halides is 2. The number of hydrogen-bond donors (Lipinski definition) is 1. The molecule has 0 spiro atoms. The largest absolute Gasteiger partial charge is 0.465 e. The summed E-state index contributed by atoms with van der Waals surface area (Å²) >= 11 is 0. The van der Waals surface area contributed by atoms with Crippen molar-refractivity contribution >= 4 is 11.8 Å². The number of methoxy groups -OCH3 is 1. The van der Waals surface area contributed by atoms with E-state index in [2.05, 4.69) is 24.7 Å². The van der Waals surface area contributed by atoms with Crippen molar-refractivity contribution in [3.05, 3.63) is 11.6 Å². The predicted octanol–water partition coefficient (Wildman–Crippen LogP) is 5.05. The molecular formula is C25H37F2NO3. The summed E-state index contributed by atoms with van der Waals surface area (Å²) in [5.41, 5.74) is 7.97. The Morgan fingerprint density at radius 2 is 1.97 bits per heavy atom. The number of esters is 1. The van der Waals surface area contributed by atoms with Crippen LogP contribution in [0.25, 0.3) is 0 Å². The van der Waals surface area contributed by atoms with E-state index < -0.39 is 23.9 Å². The summed E-state index contributed by atoms with van der Waals surface area (Å²) in [4.78, 5) is 23.6. The highest BCUT2D eigenvalue weighted by Crippen LogP contribution is 2.68. The Kier molecular flexibility index (Phi) is 5.43. The first-order valence-corrected chi connectivity index (χ1v) is 11.9. The molecule has 4 aliphatic carbocycles. The number of Topliss-reactive ketones (excluding diaryl/α,β-unsaturated/α-hetero) is 1. The maximum Gasteiger partial charge on any atom is 0.376 e. The molecule has 6 heteroatoms. The fourth-order valence-corrected chi connectivity index (χ4v) is 8.28. The van der Waals surface area contributed by atoms with Gasteiger partial charge in [-0.25, -0.2) is 4.79 Å². The number of ether oxygens (including phenoxy) is 1. The van der Waals surface area contributed by atoms with Gasteiger partial charge < -0.3 is 10.5 Å². The van der Waals surface area contributed by atoms with E-state index in [1.165, 1.54) is 5.57 Å². The van der Waals surface area contributed by atoms with Gasteiger partial charge in [-0.1, -0.05) is 32.4 Å². The summed E-state index contributed by atoms with van der Waals surface area (Å²) in [5.74, 6) is -4.08. The van der Waals surface area contributed by atoms with Crippen molar-refractivity contribution in [3.8, 4) is 0 Å². The second-order valence-corrected chi connectivity index (χ2v) is 11.3. The van der Waals surface area contributed by atoms with E-state index in [1.54, 1.807) is 0 Å². The number of ketones is 1. The average molecular weight is 438 g/mol. The van der Waals surface area contributed by atoms with Crippen LogP contribution in [0.4, 0.5) is 8.78 Å². The molecule has 3 fully saturated rings.